The summed E-state index contributed by atoms with van der Waals surface area (Å²) in [6.07, 6.45) is 6.56. The number of aliphatic hydroxyl groups is 1. The highest BCUT2D eigenvalue weighted by molar-refractivity contribution is 5.93. The third-order valence-electron chi connectivity index (χ3n) is 5.40. The Hall–Kier alpha value is -2.41. The minimum Gasteiger partial charge on any atom is -0.481 e. The van der Waals surface area contributed by atoms with E-state index < -0.39 is 0 Å². The Balaban J connectivity index is 1.56. The zero-order chi connectivity index (χ0) is 18.1. The van der Waals surface area contributed by atoms with Gasteiger partial charge in [0.15, 0.2) is 0 Å². The maximum Gasteiger partial charge on any atom is 0.290 e. The summed E-state index contributed by atoms with van der Waals surface area (Å²) >= 11 is 0. The maximum absolute atomic E-state index is 12.9. The number of nitrogens with one attached hydrogen (secondary N) is 1. The van der Waals surface area contributed by atoms with Crippen LogP contribution in [-0.2, 0) is 12.8 Å². The monoisotopic (exact) mass is 357 g/mol. The predicted molar refractivity (Wildman–Crippen MR) is 92.9 cm³/mol. The first kappa shape index (κ1) is 17.0. The standard InChI is InChI=1S/C19H23N3O4/c1-25-16-7-6-11(10-20-16)17(12-8-13(23)9-12)21-19(24)18-14-4-2-3-5-15(14)22-26-18/h6-7,10,12-13,17,23H,2-5,8-9H2,1H3,(H,21,24)/t12?,13?,17-/m1/s1. The van der Waals surface area contributed by atoms with Crippen LogP contribution < -0.4 is 10.1 Å². The van der Waals surface area contributed by atoms with Gasteiger partial charge in [0.05, 0.1) is 24.9 Å². The van der Waals surface area contributed by atoms with Crippen molar-refractivity contribution in [2.45, 2.75) is 50.7 Å². The van der Waals surface area contributed by atoms with E-state index in [4.69, 9.17) is 9.26 Å². The Morgan fingerprint density at radius 3 is 2.85 bits per heavy atom. The Kier molecular flexibility index (Phi) is 4.63. The number of aliphatic hydroxyl groups excluding tert-OH is 1. The lowest BCUT2D eigenvalue weighted by Crippen LogP contribution is -2.41. The van der Waals surface area contributed by atoms with Gasteiger partial charge in [0, 0.05) is 17.8 Å². The minimum absolute atomic E-state index is 0.169. The van der Waals surface area contributed by atoms with Crippen LogP contribution in [0.1, 0.15) is 59.1 Å². The van der Waals surface area contributed by atoms with Gasteiger partial charge < -0.3 is 19.7 Å². The first-order valence-corrected chi connectivity index (χ1v) is 9.12. The molecule has 1 amide bonds. The highest BCUT2D eigenvalue weighted by Crippen LogP contribution is 2.38. The molecule has 0 aliphatic heterocycles. The van der Waals surface area contributed by atoms with E-state index in [2.05, 4.69) is 15.5 Å². The van der Waals surface area contributed by atoms with Gasteiger partial charge in [-0.1, -0.05) is 11.2 Å². The highest BCUT2D eigenvalue weighted by Gasteiger charge is 2.37. The molecule has 1 fully saturated rings. The van der Waals surface area contributed by atoms with Crippen LogP contribution in [0.15, 0.2) is 22.9 Å². The Labute approximate surface area is 151 Å². The first-order chi connectivity index (χ1) is 12.7. The number of aryl methyl sites for hydroxylation is 1. The summed E-state index contributed by atoms with van der Waals surface area (Å²) in [6.45, 7) is 0. The second kappa shape index (κ2) is 7.07. The molecule has 7 heteroatoms. The molecule has 4 rings (SSSR count). The molecule has 2 aromatic heterocycles. The number of fused-ring (bicyclic) bond motifs is 1. The number of ether oxygens (including phenoxy) is 1. The molecule has 0 saturated heterocycles. The molecule has 2 heterocycles. The van der Waals surface area contributed by atoms with Crippen LogP contribution in [-0.4, -0.2) is 34.4 Å². The lowest BCUT2D eigenvalue weighted by molar-refractivity contribution is 0.0230. The number of nitrogens with zero attached hydrogens (tertiary/aromatic N) is 2. The molecule has 2 aliphatic rings. The number of rotatable bonds is 5. The van der Waals surface area contributed by atoms with Gasteiger partial charge in [-0.05, 0) is 50.0 Å². The number of methoxy groups -OCH3 is 1. The van der Waals surface area contributed by atoms with Gasteiger partial charge in [0.1, 0.15) is 0 Å². The van der Waals surface area contributed by atoms with E-state index in [0.29, 0.717) is 24.5 Å². The quantitative estimate of drug-likeness (QED) is 0.851. The van der Waals surface area contributed by atoms with E-state index in [0.717, 1.165) is 42.5 Å². The van der Waals surface area contributed by atoms with Crippen molar-refractivity contribution in [1.82, 2.24) is 15.5 Å². The van der Waals surface area contributed by atoms with Crippen LogP contribution in [0.3, 0.4) is 0 Å². The third-order valence-corrected chi connectivity index (χ3v) is 5.40. The summed E-state index contributed by atoms with van der Waals surface area (Å²) in [5.41, 5.74) is 2.74. The second-order valence-electron chi connectivity index (χ2n) is 7.11. The zero-order valence-electron chi connectivity index (χ0n) is 14.8. The third kappa shape index (κ3) is 3.19. The SMILES string of the molecule is COc1ccc([C@@H](NC(=O)c2onc3c2CCCC3)C2CC(O)C2)cn1. The normalized spacial score (nSPS) is 22.8. The van der Waals surface area contributed by atoms with Gasteiger partial charge in [-0.3, -0.25) is 4.79 Å². The van der Waals surface area contributed by atoms with Crippen LogP contribution in [0.5, 0.6) is 5.88 Å². The fourth-order valence-electron chi connectivity index (χ4n) is 3.85. The molecule has 26 heavy (non-hydrogen) atoms. The molecular weight excluding hydrogens is 334 g/mol. The van der Waals surface area contributed by atoms with Crippen LogP contribution in [0.25, 0.3) is 0 Å². The summed E-state index contributed by atoms with van der Waals surface area (Å²) in [7, 11) is 1.57. The van der Waals surface area contributed by atoms with Crippen LogP contribution in [0, 0.1) is 5.92 Å². The van der Waals surface area contributed by atoms with Crippen molar-refractivity contribution in [1.29, 1.82) is 0 Å². The zero-order valence-corrected chi connectivity index (χ0v) is 14.8. The fourth-order valence-corrected chi connectivity index (χ4v) is 3.85. The smallest absolute Gasteiger partial charge is 0.290 e. The van der Waals surface area contributed by atoms with Crippen molar-refractivity contribution in [2.24, 2.45) is 5.92 Å². The van der Waals surface area contributed by atoms with E-state index in [1.807, 2.05) is 6.07 Å². The van der Waals surface area contributed by atoms with E-state index in [1.54, 1.807) is 19.4 Å². The summed E-state index contributed by atoms with van der Waals surface area (Å²) < 4.78 is 10.5. The highest BCUT2D eigenvalue weighted by atomic mass is 16.5. The number of hydrogen-bond acceptors (Lipinski definition) is 6. The van der Waals surface area contributed by atoms with Gasteiger partial charge in [-0.25, -0.2) is 4.98 Å². The molecular formula is C19H23N3O4. The predicted octanol–water partition coefficient (Wildman–Crippen LogP) is 2.20. The summed E-state index contributed by atoms with van der Waals surface area (Å²) in [5, 5.41) is 16.8. The molecule has 1 atom stereocenters. The van der Waals surface area contributed by atoms with Crippen molar-refractivity contribution in [3.05, 3.63) is 40.9 Å². The fraction of sp³-hybridized carbons (Fsp3) is 0.526. The summed E-state index contributed by atoms with van der Waals surface area (Å²) in [6, 6.07) is 3.45. The molecule has 138 valence electrons. The van der Waals surface area contributed by atoms with Gasteiger partial charge in [-0.15, -0.1) is 0 Å². The molecule has 7 nitrogen and oxygen atoms in total. The number of amides is 1. The second-order valence-corrected chi connectivity index (χ2v) is 7.11. The van der Waals surface area contributed by atoms with Crippen LogP contribution in [0.4, 0.5) is 0 Å². The number of hydrogen-bond donors (Lipinski definition) is 2. The van der Waals surface area contributed by atoms with Gasteiger partial charge in [-0.2, -0.15) is 0 Å². The summed E-state index contributed by atoms with van der Waals surface area (Å²) in [5.74, 6) is 0.772. The van der Waals surface area contributed by atoms with E-state index in [1.165, 1.54) is 0 Å². The molecule has 0 bridgehead atoms. The Morgan fingerprint density at radius 2 is 2.15 bits per heavy atom. The molecule has 2 aliphatic carbocycles. The van der Waals surface area contributed by atoms with Crippen molar-refractivity contribution in [3.63, 3.8) is 0 Å². The number of carbonyl (C=O) groups is 1. The average molecular weight is 357 g/mol. The van der Waals surface area contributed by atoms with Gasteiger partial charge >= 0.3 is 0 Å². The largest absolute Gasteiger partial charge is 0.481 e. The summed E-state index contributed by atoms with van der Waals surface area (Å²) in [4.78, 5) is 17.1. The minimum atomic E-state index is -0.302. The maximum atomic E-state index is 12.9. The Bertz CT molecular complexity index is 781. The van der Waals surface area contributed by atoms with Gasteiger partial charge in [0.25, 0.3) is 5.91 Å². The van der Waals surface area contributed by atoms with Crippen molar-refractivity contribution in [2.75, 3.05) is 7.11 Å². The van der Waals surface area contributed by atoms with Crippen molar-refractivity contribution < 1.29 is 19.2 Å². The lowest BCUT2D eigenvalue weighted by atomic mass is 9.75. The number of aromatic nitrogens is 2. The molecule has 0 radical (unpaired) electrons. The molecule has 1 saturated carbocycles. The van der Waals surface area contributed by atoms with Crippen molar-refractivity contribution in [3.8, 4) is 5.88 Å². The molecule has 2 N–H and O–H groups in total. The van der Waals surface area contributed by atoms with E-state index >= 15 is 0 Å². The molecule has 0 unspecified atom stereocenters. The topological polar surface area (TPSA) is 97.5 Å². The first-order valence-electron chi connectivity index (χ1n) is 9.12. The Morgan fingerprint density at radius 1 is 1.35 bits per heavy atom. The molecule has 2 aromatic rings. The lowest BCUT2D eigenvalue weighted by Gasteiger charge is -2.38. The van der Waals surface area contributed by atoms with Crippen LogP contribution in [0.2, 0.25) is 0 Å². The van der Waals surface area contributed by atoms with E-state index in [9.17, 15) is 9.90 Å². The van der Waals surface area contributed by atoms with Gasteiger partial charge in [0.2, 0.25) is 11.6 Å². The van der Waals surface area contributed by atoms with Crippen LogP contribution >= 0.6 is 0 Å². The average Bonchev–Trinajstić information content (AvgIpc) is 3.08. The number of carbonyl (C=O) groups excluding carboxylic acids is 1. The number of pyridine rings is 1. The molecule has 0 spiro atoms. The van der Waals surface area contributed by atoms with E-state index in [-0.39, 0.29) is 24.0 Å². The van der Waals surface area contributed by atoms with Crippen molar-refractivity contribution >= 4 is 5.91 Å². The molecule has 0 aromatic carbocycles.